The molecular formula is C12H9NO2S. The average molecular weight is 231 g/mol. The van der Waals surface area contributed by atoms with Gasteiger partial charge in [0.05, 0.1) is 0 Å². The van der Waals surface area contributed by atoms with Gasteiger partial charge >= 0.3 is 0 Å². The fourth-order valence-corrected chi connectivity index (χ4v) is 1.86. The zero-order valence-electron chi connectivity index (χ0n) is 8.33. The van der Waals surface area contributed by atoms with E-state index in [9.17, 15) is 4.79 Å². The van der Waals surface area contributed by atoms with Gasteiger partial charge in [-0.1, -0.05) is 6.07 Å². The fourth-order valence-electron chi connectivity index (χ4n) is 1.16. The molecule has 0 aliphatic carbocycles. The van der Waals surface area contributed by atoms with Crippen LogP contribution in [0.25, 0.3) is 0 Å². The van der Waals surface area contributed by atoms with Gasteiger partial charge in [0.25, 0.3) is 0 Å². The van der Waals surface area contributed by atoms with E-state index in [1.54, 1.807) is 30.5 Å². The fraction of sp³-hybridized carbons (Fsp3) is 0. The molecule has 0 spiro atoms. The second kappa shape index (κ2) is 4.81. The van der Waals surface area contributed by atoms with Crippen molar-refractivity contribution >= 4 is 16.9 Å². The Morgan fingerprint density at radius 3 is 2.50 bits per heavy atom. The standard InChI is InChI=1S/C12H9NO2S/c14-10-6-4-9(5-7-10)12(15)16-11-3-1-2-8-13-11/h1-8,14H. The first-order valence-electron chi connectivity index (χ1n) is 4.68. The molecule has 0 amide bonds. The van der Waals surface area contributed by atoms with Crippen molar-refractivity contribution in [3.8, 4) is 5.75 Å². The highest BCUT2D eigenvalue weighted by molar-refractivity contribution is 8.14. The van der Waals surface area contributed by atoms with Crippen molar-refractivity contribution in [1.82, 2.24) is 4.98 Å². The molecule has 2 rings (SSSR count). The summed E-state index contributed by atoms with van der Waals surface area (Å²) in [6.07, 6.45) is 1.65. The Hall–Kier alpha value is -1.81. The first kappa shape index (κ1) is 10.7. The topological polar surface area (TPSA) is 50.2 Å². The van der Waals surface area contributed by atoms with Crippen LogP contribution in [0.2, 0.25) is 0 Å². The Morgan fingerprint density at radius 2 is 1.88 bits per heavy atom. The van der Waals surface area contributed by atoms with E-state index in [1.807, 2.05) is 6.07 Å². The SMILES string of the molecule is O=C(Sc1ccccn1)c1ccc(O)cc1. The van der Waals surface area contributed by atoms with Crippen molar-refractivity contribution in [2.75, 3.05) is 0 Å². The van der Waals surface area contributed by atoms with E-state index in [4.69, 9.17) is 5.11 Å². The highest BCUT2D eigenvalue weighted by atomic mass is 32.2. The lowest BCUT2D eigenvalue weighted by atomic mass is 10.2. The minimum absolute atomic E-state index is 0.0845. The number of thioether (sulfide) groups is 1. The molecule has 0 aliphatic heterocycles. The summed E-state index contributed by atoms with van der Waals surface area (Å²) in [5.74, 6) is 0.152. The number of phenolic OH excluding ortho intramolecular Hbond substituents is 1. The lowest BCUT2D eigenvalue weighted by Crippen LogP contribution is -1.93. The monoisotopic (exact) mass is 231 g/mol. The molecule has 0 atom stereocenters. The number of benzene rings is 1. The molecular weight excluding hydrogens is 222 g/mol. The number of rotatable bonds is 2. The van der Waals surface area contributed by atoms with Crippen LogP contribution in [0.3, 0.4) is 0 Å². The molecule has 0 bridgehead atoms. The van der Waals surface area contributed by atoms with Gasteiger partial charge in [-0.25, -0.2) is 4.98 Å². The van der Waals surface area contributed by atoms with Crippen molar-refractivity contribution in [3.63, 3.8) is 0 Å². The lowest BCUT2D eigenvalue weighted by Gasteiger charge is -1.99. The lowest BCUT2D eigenvalue weighted by molar-refractivity contribution is 0.108. The van der Waals surface area contributed by atoms with Crippen LogP contribution >= 0.6 is 11.8 Å². The van der Waals surface area contributed by atoms with Gasteiger partial charge in [0.15, 0.2) is 0 Å². The number of nitrogens with zero attached hydrogens (tertiary/aromatic N) is 1. The zero-order chi connectivity index (χ0) is 11.4. The Bertz CT molecular complexity index is 482. The van der Waals surface area contributed by atoms with Crippen LogP contribution in [0.5, 0.6) is 5.75 Å². The number of carbonyl (C=O) groups excluding carboxylic acids is 1. The summed E-state index contributed by atoms with van der Waals surface area (Å²) in [4.78, 5) is 15.8. The normalized spacial score (nSPS) is 10.0. The Balaban J connectivity index is 2.12. The summed E-state index contributed by atoms with van der Waals surface area (Å²) in [6.45, 7) is 0. The van der Waals surface area contributed by atoms with Gasteiger partial charge in [-0.3, -0.25) is 4.79 Å². The first-order valence-corrected chi connectivity index (χ1v) is 5.49. The molecule has 16 heavy (non-hydrogen) atoms. The Morgan fingerprint density at radius 1 is 1.12 bits per heavy atom. The molecule has 0 unspecified atom stereocenters. The van der Waals surface area contributed by atoms with Gasteiger partial charge < -0.3 is 5.11 Å². The van der Waals surface area contributed by atoms with Crippen molar-refractivity contribution < 1.29 is 9.90 Å². The molecule has 1 aromatic carbocycles. The predicted molar refractivity (Wildman–Crippen MR) is 62.5 cm³/mol. The molecule has 2 aromatic rings. The van der Waals surface area contributed by atoms with Crippen LogP contribution in [0.15, 0.2) is 53.7 Å². The molecule has 0 fully saturated rings. The summed E-state index contributed by atoms with van der Waals surface area (Å²) in [5.41, 5.74) is 0.549. The number of phenols is 1. The van der Waals surface area contributed by atoms with E-state index in [2.05, 4.69) is 4.98 Å². The number of hydrogen-bond acceptors (Lipinski definition) is 4. The molecule has 0 aliphatic rings. The van der Waals surface area contributed by atoms with E-state index >= 15 is 0 Å². The number of pyridine rings is 1. The smallest absolute Gasteiger partial charge is 0.225 e. The second-order valence-electron chi connectivity index (χ2n) is 3.10. The molecule has 0 radical (unpaired) electrons. The maximum absolute atomic E-state index is 11.8. The Kier molecular flexibility index (Phi) is 3.22. The van der Waals surface area contributed by atoms with Gasteiger partial charge in [-0.05, 0) is 48.2 Å². The Labute approximate surface area is 97.2 Å². The van der Waals surface area contributed by atoms with Crippen molar-refractivity contribution in [2.24, 2.45) is 0 Å². The number of aromatic hydroxyl groups is 1. The van der Waals surface area contributed by atoms with Crippen molar-refractivity contribution in [3.05, 3.63) is 54.2 Å². The van der Waals surface area contributed by atoms with Crippen molar-refractivity contribution in [1.29, 1.82) is 0 Å². The van der Waals surface area contributed by atoms with Crippen LogP contribution in [-0.2, 0) is 0 Å². The van der Waals surface area contributed by atoms with Crippen molar-refractivity contribution in [2.45, 2.75) is 5.03 Å². The van der Waals surface area contributed by atoms with Crippen LogP contribution < -0.4 is 0 Å². The third kappa shape index (κ3) is 2.61. The molecule has 0 saturated heterocycles. The van der Waals surface area contributed by atoms with E-state index in [0.29, 0.717) is 10.6 Å². The molecule has 0 saturated carbocycles. The summed E-state index contributed by atoms with van der Waals surface area (Å²) >= 11 is 1.07. The first-order chi connectivity index (χ1) is 7.75. The third-order valence-electron chi connectivity index (χ3n) is 1.94. The molecule has 4 heteroatoms. The second-order valence-corrected chi connectivity index (χ2v) is 4.10. The molecule has 1 N–H and O–H groups in total. The van der Waals surface area contributed by atoms with Gasteiger partial charge in [0.1, 0.15) is 10.8 Å². The van der Waals surface area contributed by atoms with Crippen LogP contribution in [0, 0.1) is 0 Å². The number of carbonyl (C=O) groups is 1. The van der Waals surface area contributed by atoms with Crippen LogP contribution in [0.1, 0.15) is 10.4 Å². The quantitative estimate of drug-likeness (QED) is 0.807. The average Bonchev–Trinajstić information content (AvgIpc) is 2.31. The third-order valence-corrected chi connectivity index (χ3v) is 2.81. The van der Waals surface area contributed by atoms with E-state index in [-0.39, 0.29) is 10.9 Å². The highest BCUT2D eigenvalue weighted by Gasteiger charge is 2.08. The maximum atomic E-state index is 11.8. The summed E-state index contributed by atoms with van der Waals surface area (Å²) in [5, 5.41) is 9.68. The van der Waals surface area contributed by atoms with E-state index in [0.717, 1.165) is 11.8 Å². The van der Waals surface area contributed by atoms with Crippen LogP contribution in [0.4, 0.5) is 0 Å². The predicted octanol–water partition coefficient (Wildman–Crippen LogP) is 2.72. The highest BCUT2D eigenvalue weighted by Crippen LogP contribution is 2.21. The van der Waals surface area contributed by atoms with Gasteiger partial charge in [0, 0.05) is 11.8 Å². The van der Waals surface area contributed by atoms with Crippen LogP contribution in [-0.4, -0.2) is 15.2 Å². The summed E-state index contributed by atoms with van der Waals surface area (Å²) in [7, 11) is 0. The minimum atomic E-state index is -0.0845. The van der Waals surface area contributed by atoms with Gasteiger partial charge in [-0.15, -0.1) is 0 Å². The summed E-state index contributed by atoms with van der Waals surface area (Å²) < 4.78 is 0. The zero-order valence-corrected chi connectivity index (χ0v) is 9.15. The number of hydrogen-bond donors (Lipinski definition) is 1. The summed E-state index contributed by atoms with van der Waals surface area (Å²) in [6, 6.07) is 11.6. The molecule has 80 valence electrons. The van der Waals surface area contributed by atoms with E-state index in [1.165, 1.54) is 12.1 Å². The van der Waals surface area contributed by atoms with Gasteiger partial charge in [-0.2, -0.15) is 0 Å². The van der Waals surface area contributed by atoms with E-state index < -0.39 is 0 Å². The maximum Gasteiger partial charge on any atom is 0.225 e. The van der Waals surface area contributed by atoms with Gasteiger partial charge in [0.2, 0.25) is 5.12 Å². The molecule has 3 nitrogen and oxygen atoms in total. The molecule has 1 aromatic heterocycles. The minimum Gasteiger partial charge on any atom is -0.508 e. The largest absolute Gasteiger partial charge is 0.508 e. The number of aromatic nitrogens is 1. The molecule has 1 heterocycles.